The van der Waals surface area contributed by atoms with E-state index in [4.69, 9.17) is 25.8 Å². The van der Waals surface area contributed by atoms with Crippen LogP contribution in [0.3, 0.4) is 0 Å². The molecule has 1 unspecified atom stereocenters. The summed E-state index contributed by atoms with van der Waals surface area (Å²) in [7, 11) is 5.63. The first-order valence-corrected chi connectivity index (χ1v) is 12.4. The molecule has 0 N–H and O–H groups in total. The number of aromatic nitrogens is 2. The van der Waals surface area contributed by atoms with Gasteiger partial charge in [0.05, 0.1) is 31.4 Å². The van der Waals surface area contributed by atoms with E-state index in [1.807, 2.05) is 31.0 Å². The van der Waals surface area contributed by atoms with Gasteiger partial charge in [-0.2, -0.15) is 5.10 Å². The molecule has 2 fully saturated rings. The number of methoxy groups -OCH3 is 1. The van der Waals surface area contributed by atoms with Gasteiger partial charge in [0.15, 0.2) is 0 Å². The number of aryl methyl sites for hydroxylation is 2. The predicted octanol–water partition coefficient (Wildman–Crippen LogP) is 2.20. The third-order valence-electron chi connectivity index (χ3n) is 6.84. The number of likely N-dealkylation sites (N-methyl/N-ethyl adjacent to an activating group) is 1. The maximum absolute atomic E-state index is 13.4. The Kier molecular flexibility index (Phi) is 8.21. The number of rotatable bonds is 8. The molecule has 1 amide bonds. The summed E-state index contributed by atoms with van der Waals surface area (Å²) in [6, 6.07) is 7.26. The molecule has 1 aromatic heterocycles. The summed E-state index contributed by atoms with van der Waals surface area (Å²) in [5.74, 6) is 1.56. The Bertz CT molecular complexity index is 1010. The Morgan fingerprint density at radius 1 is 1.14 bits per heavy atom. The largest absolute Gasteiger partial charge is 0.491 e. The minimum atomic E-state index is -0.762. The summed E-state index contributed by atoms with van der Waals surface area (Å²) in [4.78, 5) is 19.9. The van der Waals surface area contributed by atoms with E-state index in [0.29, 0.717) is 30.5 Å². The molecule has 0 aliphatic carbocycles. The van der Waals surface area contributed by atoms with E-state index in [0.717, 1.165) is 49.9 Å². The van der Waals surface area contributed by atoms with Gasteiger partial charge in [0, 0.05) is 57.9 Å². The van der Waals surface area contributed by atoms with Crippen molar-refractivity contribution < 1.29 is 19.0 Å². The molecular formula is C25H36ClN5O4. The van der Waals surface area contributed by atoms with Crippen LogP contribution in [0, 0.1) is 6.92 Å². The van der Waals surface area contributed by atoms with E-state index in [1.54, 1.807) is 23.9 Å². The molecule has 2 aliphatic rings. The SMILES string of the molecule is COc1c(CN2CCOC(COc3ccc(Cl)cc3)(CC(=O)N3CCN(C)CC3)C2)c(C)nn1C. The number of amides is 1. The highest BCUT2D eigenvalue weighted by atomic mass is 35.5. The van der Waals surface area contributed by atoms with Crippen molar-refractivity contribution in [3.05, 3.63) is 40.5 Å². The summed E-state index contributed by atoms with van der Waals surface area (Å²) >= 11 is 6.03. The molecule has 192 valence electrons. The van der Waals surface area contributed by atoms with Crippen LogP contribution in [0.5, 0.6) is 11.6 Å². The Labute approximate surface area is 212 Å². The van der Waals surface area contributed by atoms with Crippen LogP contribution >= 0.6 is 11.6 Å². The normalized spacial score (nSPS) is 21.8. The number of nitrogens with zero attached hydrogens (tertiary/aromatic N) is 5. The zero-order chi connectivity index (χ0) is 25.0. The number of carbonyl (C=O) groups excluding carboxylic acids is 1. The number of piperazine rings is 1. The number of hydrogen-bond donors (Lipinski definition) is 0. The van der Waals surface area contributed by atoms with Crippen LogP contribution in [-0.4, -0.2) is 103 Å². The Balaban J connectivity index is 1.51. The lowest BCUT2D eigenvalue weighted by molar-refractivity contribution is -0.158. The molecule has 2 saturated heterocycles. The van der Waals surface area contributed by atoms with E-state index in [1.165, 1.54) is 0 Å². The minimum Gasteiger partial charge on any atom is -0.491 e. The first-order valence-electron chi connectivity index (χ1n) is 12.1. The van der Waals surface area contributed by atoms with Gasteiger partial charge in [0.25, 0.3) is 0 Å². The van der Waals surface area contributed by atoms with Crippen LogP contribution in [-0.2, 0) is 23.1 Å². The van der Waals surface area contributed by atoms with Crippen LogP contribution in [0.15, 0.2) is 24.3 Å². The quantitative estimate of drug-likeness (QED) is 0.544. The lowest BCUT2D eigenvalue weighted by Crippen LogP contribution is -2.58. The molecule has 9 nitrogen and oxygen atoms in total. The fourth-order valence-electron chi connectivity index (χ4n) is 4.83. The van der Waals surface area contributed by atoms with Gasteiger partial charge in [-0.05, 0) is 38.2 Å². The molecule has 0 radical (unpaired) electrons. The smallest absolute Gasteiger partial charge is 0.225 e. The molecular weight excluding hydrogens is 470 g/mol. The lowest BCUT2D eigenvalue weighted by atomic mass is 9.96. The van der Waals surface area contributed by atoms with Crippen molar-refractivity contribution in [2.75, 3.05) is 66.6 Å². The molecule has 1 atom stereocenters. The number of benzene rings is 1. The monoisotopic (exact) mass is 505 g/mol. The predicted molar refractivity (Wildman–Crippen MR) is 134 cm³/mol. The number of ether oxygens (including phenoxy) is 3. The van der Waals surface area contributed by atoms with Gasteiger partial charge in [-0.15, -0.1) is 0 Å². The third kappa shape index (κ3) is 6.27. The van der Waals surface area contributed by atoms with E-state index in [-0.39, 0.29) is 18.9 Å². The summed E-state index contributed by atoms with van der Waals surface area (Å²) in [6.07, 6.45) is 0.268. The summed E-state index contributed by atoms with van der Waals surface area (Å²) in [5, 5.41) is 5.17. The zero-order valence-corrected chi connectivity index (χ0v) is 21.9. The second kappa shape index (κ2) is 11.2. The van der Waals surface area contributed by atoms with Crippen molar-refractivity contribution in [2.24, 2.45) is 7.05 Å². The highest BCUT2D eigenvalue weighted by Crippen LogP contribution is 2.29. The number of morpholine rings is 1. The fourth-order valence-corrected chi connectivity index (χ4v) is 4.96. The topological polar surface area (TPSA) is 72.3 Å². The van der Waals surface area contributed by atoms with Gasteiger partial charge >= 0.3 is 0 Å². The molecule has 2 aliphatic heterocycles. The van der Waals surface area contributed by atoms with Crippen LogP contribution in [0.25, 0.3) is 0 Å². The first-order chi connectivity index (χ1) is 16.8. The van der Waals surface area contributed by atoms with Crippen LogP contribution in [0.2, 0.25) is 5.02 Å². The molecule has 0 saturated carbocycles. The standard InChI is InChI=1S/C25H36ClN5O4/c1-19-22(24(33-4)29(3)27-19)16-30-13-14-35-25(17-30,18-34-21-7-5-20(26)6-8-21)15-23(32)31-11-9-28(2)10-12-31/h5-8H,9-18H2,1-4H3. The van der Waals surface area contributed by atoms with Gasteiger partial charge in [0.2, 0.25) is 11.8 Å². The van der Waals surface area contributed by atoms with Crippen LogP contribution < -0.4 is 9.47 Å². The van der Waals surface area contributed by atoms with E-state index >= 15 is 0 Å². The highest BCUT2D eigenvalue weighted by Gasteiger charge is 2.41. The second-order valence-corrected chi connectivity index (χ2v) is 9.98. The van der Waals surface area contributed by atoms with Crippen molar-refractivity contribution in [3.8, 4) is 11.6 Å². The van der Waals surface area contributed by atoms with E-state index in [9.17, 15) is 4.79 Å². The Morgan fingerprint density at radius 3 is 2.54 bits per heavy atom. The van der Waals surface area contributed by atoms with Crippen molar-refractivity contribution in [1.29, 1.82) is 0 Å². The van der Waals surface area contributed by atoms with Gasteiger partial charge in [-0.25, -0.2) is 4.68 Å². The molecule has 0 spiro atoms. The number of hydrogen-bond acceptors (Lipinski definition) is 7. The maximum Gasteiger partial charge on any atom is 0.225 e. The van der Waals surface area contributed by atoms with E-state index in [2.05, 4.69) is 21.9 Å². The average molecular weight is 506 g/mol. The first kappa shape index (κ1) is 25.8. The van der Waals surface area contributed by atoms with Crippen molar-refractivity contribution in [3.63, 3.8) is 0 Å². The van der Waals surface area contributed by atoms with Gasteiger partial charge in [-0.3, -0.25) is 9.69 Å². The molecule has 2 aromatic rings. The maximum atomic E-state index is 13.4. The van der Waals surface area contributed by atoms with Gasteiger partial charge in [0.1, 0.15) is 18.0 Å². The van der Waals surface area contributed by atoms with Crippen molar-refractivity contribution >= 4 is 17.5 Å². The fraction of sp³-hybridized carbons (Fsp3) is 0.600. The molecule has 35 heavy (non-hydrogen) atoms. The average Bonchev–Trinajstić information content (AvgIpc) is 3.11. The Hall–Kier alpha value is -2.33. The van der Waals surface area contributed by atoms with Crippen molar-refractivity contribution in [2.45, 2.75) is 25.5 Å². The molecule has 1 aromatic carbocycles. The van der Waals surface area contributed by atoms with Gasteiger partial charge in [-0.1, -0.05) is 11.6 Å². The van der Waals surface area contributed by atoms with Gasteiger partial charge < -0.3 is 24.0 Å². The number of carbonyl (C=O) groups is 1. The minimum absolute atomic E-state index is 0.106. The van der Waals surface area contributed by atoms with Crippen LogP contribution in [0.4, 0.5) is 0 Å². The third-order valence-corrected chi connectivity index (χ3v) is 7.09. The lowest BCUT2D eigenvalue weighted by Gasteiger charge is -2.43. The summed E-state index contributed by atoms with van der Waals surface area (Å²) in [5.41, 5.74) is 1.23. The second-order valence-electron chi connectivity index (χ2n) is 9.54. The molecule has 0 bridgehead atoms. The molecule has 4 rings (SSSR count). The molecule has 3 heterocycles. The highest BCUT2D eigenvalue weighted by molar-refractivity contribution is 6.30. The number of halogens is 1. The zero-order valence-electron chi connectivity index (χ0n) is 21.1. The Morgan fingerprint density at radius 2 is 1.86 bits per heavy atom. The van der Waals surface area contributed by atoms with Crippen LogP contribution in [0.1, 0.15) is 17.7 Å². The molecule has 10 heteroatoms. The van der Waals surface area contributed by atoms with E-state index < -0.39 is 5.60 Å². The summed E-state index contributed by atoms with van der Waals surface area (Å²) in [6.45, 7) is 8.00. The summed E-state index contributed by atoms with van der Waals surface area (Å²) < 4.78 is 19.9. The van der Waals surface area contributed by atoms with Crippen molar-refractivity contribution in [1.82, 2.24) is 24.5 Å².